The number of nitrogens with two attached hydrogens (primary N) is 1. The monoisotopic (exact) mass is 318 g/mol. The molecule has 0 rings (SSSR count). The minimum absolute atomic E-state index is 0. The molecular weight excluding hydrogens is 296 g/mol. The van der Waals surface area contributed by atoms with Gasteiger partial charge >= 0.3 is 0 Å². The number of sulfonamides is 1. The van der Waals surface area contributed by atoms with E-state index in [9.17, 15) is 13.2 Å². The van der Waals surface area contributed by atoms with Gasteiger partial charge in [-0.1, -0.05) is 13.8 Å². The Morgan fingerprint density at radius 2 is 1.89 bits per heavy atom. The second kappa shape index (κ2) is 9.89. The highest BCUT2D eigenvalue weighted by Gasteiger charge is 2.21. The summed E-state index contributed by atoms with van der Waals surface area (Å²) in [5.41, 5.74) is 5.17. The summed E-state index contributed by atoms with van der Waals surface area (Å²) in [6, 6.07) is -0.792. The Balaban J connectivity index is 0. The van der Waals surface area contributed by atoms with E-state index in [4.69, 9.17) is 5.73 Å². The number of nitrogens with one attached hydrogen (secondary N) is 1. The van der Waals surface area contributed by atoms with Crippen molar-refractivity contribution in [2.75, 3.05) is 17.8 Å². The molecule has 18 heavy (non-hydrogen) atoms. The lowest BCUT2D eigenvalue weighted by Gasteiger charge is -2.15. The summed E-state index contributed by atoms with van der Waals surface area (Å²) in [5, 5.41) is 0. The van der Waals surface area contributed by atoms with Gasteiger partial charge in [0.1, 0.15) is 6.04 Å². The standard InChI is InChI=1S/C10H22N2O3S2.ClH/c1-8(2)5-7-17(14,15)12-9(10(11)13)4-6-16-3;/h8-9,12H,4-7H2,1-3H3,(H2,11,13);1H/t9-;/m0./s1. The topological polar surface area (TPSA) is 89.3 Å². The third kappa shape index (κ3) is 9.99. The molecule has 110 valence electrons. The zero-order chi connectivity index (χ0) is 13.5. The van der Waals surface area contributed by atoms with Gasteiger partial charge in [0.2, 0.25) is 15.9 Å². The Kier molecular flexibility index (Phi) is 11.2. The maximum atomic E-state index is 11.7. The molecule has 0 saturated heterocycles. The van der Waals surface area contributed by atoms with E-state index in [0.717, 1.165) is 0 Å². The number of hydrogen-bond acceptors (Lipinski definition) is 4. The minimum Gasteiger partial charge on any atom is -0.368 e. The molecular formula is C10H23ClN2O3S2. The van der Waals surface area contributed by atoms with Crippen molar-refractivity contribution in [3.05, 3.63) is 0 Å². The molecule has 0 fully saturated rings. The Hall–Kier alpha value is 0.0200. The zero-order valence-electron chi connectivity index (χ0n) is 11.0. The molecule has 0 aliphatic rings. The molecule has 0 saturated carbocycles. The van der Waals surface area contributed by atoms with Gasteiger partial charge in [0.25, 0.3) is 0 Å². The second-order valence-corrected chi connectivity index (χ2v) is 7.21. The van der Waals surface area contributed by atoms with E-state index in [0.29, 0.717) is 24.5 Å². The highest BCUT2D eigenvalue weighted by atomic mass is 35.5. The van der Waals surface area contributed by atoms with Crippen molar-refractivity contribution in [3.63, 3.8) is 0 Å². The van der Waals surface area contributed by atoms with E-state index in [-0.39, 0.29) is 18.2 Å². The predicted molar refractivity (Wildman–Crippen MR) is 79.6 cm³/mol. The van der Waals surface area contributed by atoms with Crippen molar-refractivity contribution in [2.45, 2.75) is 32.7 Å². The molecule has 0 unspecified atom stereocenters. The van der Waals surface area contributed by atoms with E-state index in [2.05, 4.69) is 4.72 Å². The van der Waals surface area contributed by atoms with Gasteiger partial charge < -0.3 is 5.73 Å². The van der Waals surface area contributed by atoms with Crippen molar-refractivity contribution in [2.24, 2.45) is 11.7 Å². The van der Waals surface area contributed by atoms with E-state index < -0.39 is 22.0 Å². The molecule has 0 radical (unpaired) electrons. The first kappa shape index (κ1) is 20.3. The number of rotatable bonds is 9. The summed E-state index contributed by atoms with van der Waals surface area (Å²) in [4.78, 5) is 11.1. The van der Waals surface area contributed by atoms with E-state index in [1.165, 1.54) is 0 Å². The molecule has 0 aromatic heterocycles. The fourth-order valence-corrected chi connectivity index (χ4v) is 3.20. The molecule has 0 aliphatic heterocycles. The molecule has 0 aromatic carbocycles. The molecule has 0 aromatic rings. The summed E-state index contributed by atoms with van der Waals surface area (Å²) >= 11 is 1.55. The Bertz CT molecular complexity index is 334. The van der Waals surface area contributed by atoms with Crippen LogP contribution in [0.1, 0.15) is 26.7 Å². The molecule has 8 heteroatoms. The van der Waals surface area contributed by atoms with Crippen LogP contribution in [0.15, 0.2) is 0 Å². The van der Waals surface area contributed by atoms with Crippen LogP contribution >= 0.6 is 24.2 Å². The first-order valence-electron chi connectivity index (χ1n) is 5.56. The van der Waals surface area contributed by atoms with Crippen molar-refractivity contribution in [3.8, 4) is 0 Å². The van der Waals surface area contributed by atoms with Crippen LogP contribution in [0.2, 0.25) is 0 Å². The minimum atomic E-state index is -3.41. The largest absolute Gasteiger partial charge is 0.368 e. The fourth-order valence-electron chi connectivity index (χ4n) is 1.16. The van der Waals surface area contributed by atoms with Gasteiger partial charge in [-0.15, -0.1) is 12.4 Å². The molecule has 1 amide bonds. The highest BCUT2D eigenvalue weighted by molar-refractivity contribution is 7.98. The van der Waals surface area contributed by atoms with Crippen molar-refractivity contribution < 1.29 is 13.2 Å². The van der Waals surface area contributed by atoms with E-state index >= 15 is 0 Å². The lowest BCUT2D eigenvalue weighted by atomic mass is 10.2. The van der Waals surface area contributed by atoms with E-state index in [1.54, 1.807) is 11.8 Å². The fraction of sp³-hybridized carbons (Fsp3) is 0.900. The van der Waals surface area contributed by atoms with Gasteiger partial charge in [0, 0.05) is 0 Å². The number of hydrogen-bond donors (Lipinski definition) is 2. The summed E-state index contributed by atoms with van der Waals surface area (Å²) in [6.45, 7) is 3.91. The molecule has 0 heterocycles. The lowest BCUT2D eigenvalue weighted by molar-refractivity contribution is -0.119. The zero-order valence-corrected chi connectivity index (χ0v) is 13.5. The highest BCUT2D eigenvalue weighted by Crippen LogP contribution is 2.05. The van der Waals surface area contributed by atoms with Crippen LogP contribution < -0.4 is 10.5 Å². The normalized spacial score (nSPS) is 13.1. The van der Waals surface area contributed by atoms with Gasteiger partial charge in [0.15, 0.2) is 0 Å². The van der Waals surface area contributed by atoms with Gasteiger partial charge in [0.05, 0.1) is 5.75 Å². The average Bonchev–Trinajstić information content (AvgIpc) is 2.21. The summed E-state index contributed by atoms with van der Waals surface area (Å²) in [7, 11) is -3.41. The molecule has 1 atom stereocenters. The van der Waals surface area contributed by atoms with Crippen LogP contribution in [0.3, 0.4) is 0 Å². The maximum absolute atomic E-state index is 11.7. The molecule has 3 N–H and O–H groups in total. The number of halogens is 1. The Labute approximate surface area is 120 Å². The molecule has 5 nitrogen and oxygen atoms in total. The molecule has 0 aliphatic carbocycles. The van der Waals surface area contributed by atoms with Crippen LogP contribution in [-0.2, 0) is 14.8 Å². The summed E-state index contributed by atoms with van der Waals surface area (Å²) < 4.78 is 25.7. The van der Waals surface area contributed by atoms with Crippen molar-refractivity contribution >= 4 is 40.1 Å². The van der Waals surface area contributed by atoms with Gasteiger partial charge in [-0.3, -0.25) is 4.79 Å². The van der Waals surface area contributed by atoms with Gasteiger partial charge in [-0.25, -0.2) is 13.1 Å². The summed E-state index contributed by atoms with van der Waals surface area (Å²) in [6.07, 6.45) is 2.89. The third-order valence-electron chi connectivity index (χ3n) is 2.24. The average molecular weight is 319 g/mol. The quantitative estimate of drug-likeness (QED) is 0.663. The van der Waals surface area contributed by atoms with Crippen molar-refractivity contribution in [1.82, 2.24) is 4.72 Å². The number of carbonyl (C=O) groups excluding carboxylic acids is 1. The van der Waals surface area contributed by atoms with E-state index in [1.807, 2.05) is 20.1 Å². The van der Waals surface area contributed by atoms with Gasteiger partial charge in [-0.05, 0) is 30.8 Å². The van der Waals surface area contributed by atoms with Crippen LogP contribution in [0.4, 0.5) is 0 Å². The Morgan fingerprint density at radius 3 is 2.28 bits per heavy atom. The number of carbonyl (C=O) groups is 1. The van der Waals surface area contributed by atoms with Crippen LogP contribution in [-0.4, -0.2) is 38.1 Å². The number of primary amides is 1. The maximum Gasteiger partial charge on any atom is 0.235 e. The second-order valence-electron chi connectivity index (χ2n) is 4.36. The molecule has 0 spiro atoms. The van der Waals surface area contributed by atoms with Crippen LogP contribution in [0.5, 0.6) is 0 Å². The van der Waals surface area contributed by atoms with Crippen LogP contribution in [0, 0.1) is 5.92 Å². The first-order valence-corrected chi connectivity index (χ1v) is 8.61. The lowest BCUT2D eigenvalue weighted by Crippen LogP contribution is -2.45. The third-order valence-corrected chi connectivity index (χ3v) is 4.30. The van der Waals surface area contributed by atoms with Gasteiger partial charge in [-0.2, -0.15) is 11.8 Å². The molecule has 0 bridgehead atoms. The predicted octanol–water partition coefficient (Wildman–Crippen LogP) is 0.981. The Morgan fingerprint density at radius 1 is 1.33 bits per heavy atom. The first-order chi connectivity index (χ1) is 7.78. The van der Waals surface area contributed by atoms with Crippen LogP contribution in [0.25, 0.3) is 0 Å². The number of amides is 1. The van der Waals surface area contributed by atoms with Crippen molar-refractivity contribution in [1.29, 1.82) is 0 Å². The summed E-state index contributed by atoms with van der Waals surface area (Å²) in [5.74, 6) is 0.422. The smallest absolute Gasteiger partial charge is 0.235 e. The number of thioether (sulfide) groups is 1. The SMILES string of the molecule is CSCC[C@H](NS(=O)(=O)CCC(C)C)C(N)=O.Cl.